The lowest BCUT2D eigenvalue weighted by molar-refractivity contribution is -0.228. The van der Waals surface area contributed by atoms with Crippen molar-refractivity contribution in [3.63, 3.8) is 0 Å². The lowest BCUT2D eigenvalue weighted by Crippen LogP contribution is -2.40. The number of rotatable bonds is 5. The van der Waals surface area contributed by atoms with Crippen LogP contribution in [-0.2, 0) is 9.47 Å². The van der Waals surface area contributed by atoms with Crippen molar-refractivity contribution in [1.29, 1.82) is 0 Å². The van der Waals surface area contributed by atoms with Crippen molar-refractivity contribution >= 4 is 0 Å². The molecule has 0 aliphatic heterocycles. The average molecular weight is 291 g/mol. The molecule has 2 N–H and O–H groups in total. The van der Waals surface area contributed by atoms with Gasteiger partial charge in [-0.2, -0.15) is 0 Å². The molecule has 1 unspecified atom stereocenters. The molecular formula is C18H29NO2. The minimum Gasteiger partial charge on any atom is -0.353 e. The first kappa shape index (κ1) is 16.5. The predicted molar refractivity (Wildman–Crippen MR) is 86.4 cm³/mol. The van der Waals surface area contributed by atoms with Crippen LogP contribution in [0.2, 0.25) is 0 Å². The molecule has 1 aromatic carbocycles. The van der Waals surface area contributed by atoms with Crippen molar-refractivity contribution in [3.8, 4) is 0 Å². The van der Waals surface area contributed by atoms with Gasteiger partial charge in [0.05, 0.1) is 0 Å². The summed E-state index contributed by atoms with van der Waals surface area (Å²) in [4.78, 5) is 0. The Morgan fingerprint density at radius 2 is 1.81 bits per heavy atom. The van der Waals surface area contributed by atoms with E-state index in [0.717, 1.165) is 25.7 Å². The number of nitrogens with two attached hydrogens (primary N) is 1. The lowest BCUT2D eigenvalue weighted by Gasteiger charge is -2.40. The highest BCUT2D eigenvalue weighted by Crippen LogP contribution is 2.42. The molecular weight excluding hydrogens is 262 g/mol. The molecule has 3 nitrogen and oxygen atoms in total. The number of hydrogen-bond donors (Lipinski definition) is 1. The van der Waals surface area contributed by atoms with Gasteiger partial charge >= 0.3 is 0 Å². The highest BCUT2D eigenvalue weighted by atomic mass is 16.7. The van der Waals surface area contributed by atoms with Crippen LogP contribution >= 0.6 is 0 Å². The summed E-state index contributed by atoms with van der Waals surface area (Å²) in [5, 5.41) is 0. The monoisotopic (exact) mass is 291 g/mol. The Labute approximate surface area is 128 Å². The van der Waals surface area contributed by atoms with E-state index in [9.17, 15) is 0 Å². The maximum absolute atomic E-state index is 6.12. The molecule has 21 heavy (non-hydrogen) atoms. The summed E-state index contributed by atoms with van der Waals surface area (Å²) in [6.07, 6.45) is 4.12. The van der Waals surface area contributed by atoms with Crippen LogP contribution < -0.4 is 5.73 Å². The molecule has 0 aromatic heterocycles. The maximum atomic E-state index is 6.12. The molecule has 0 heterocycles. The average Bonchev–Trinajstić information content (AvgIpc) is 2.52. The van der Waals surface area contributed by atoms with Gasteiger partial charge in [0, 0.05) is 27.1 Å². The van der Waals surface area contributed by atoms with Gasteiger partial charge in [0.2, 0.25) is 0 Å². The minimum atomic E-state index is -0.378. The summed E-state index contributed by atoms with van der Waals surface area (Å²) in [6, 6.07) is 6.69. The second-order valence-corrected chi connectivity index (χ2v) is 6.36. The van der Waals surface area contributed by atoms with E-state index in [1.165, 1.54) is 16.7 Å². The van der Waals surface area contributed by atoms with Gasteiger partial charge in [0.25, 0.3) is 0 Å². The first-order valence-corrected chi connectivity index (χ1v) is 7.92. The second kappa shape index (κ2) is 6.91. The molecule has 2 rings (SSSR count). The molecule has 1 atom stereocenters. The van der Waals surface area contributed by atoms with E-state index < -0.39 is 0 Å². The van der Waals surface area contributed by atoms with Gasteiger partial charge in [0.15, 0.2) is 5.79 Å². The zero-order chi connectivity index (χ0) is 15.5. The van der Waals surface area contributed by atoms with Gasteiger partial charge in [-0.15, -0.1) is 0 Å². The summed E-state index contributed by atoms with van der Waals surface area (Å²) in [6.45, 7) is 5.05. The highest BCUT2D eigenvalue weighted by molar-refractivity contribution is 5.34. The SMILES string of the molecule is COC1(OC)CCC(C(CN)c2cc(C)ccc2C)CC1. The zero-order valence-corrected chi connectivity index (χ0v) is 13.8. The fourth-order valence-electron chi connectivity index (χ4n) is 3.71. The van der Waals surface area contributed by atoms with Crippen LogP contribution in [0.25, 0.3) is 0 Å². The minimum absolute atomic E-state index is 0.378. The van der Waals surface area contributed by atoms with Gasteiger partial charge in [-0.05, 0) is 56.2 Å². The molecule has 0 saturated heterocycles. The number of hydrogen-bond acceptors (Lipinski definition) is 3. The van der Waals surface area contributed by atoms with Crippen molar-refractivity contribution < 1.29 is 9.47 Å². The van der Waals surface area contributed by atoms with E-state index in [2.05, 4.69) is 32.0 Å². The molecule has 3 heteroatoms. The molecule has 118 valence electrons. The van der Waals surface area contributed by atoms with Gasteiger partial charge in [-0.3, -0.25) is 0 Å². The Bertz CT molecular complexity index is 458. The molecule has 0 radical (unpaired) electrons. The first-order valence-electron chi connectivity index (χ1n) is 7.92. The number of methoxy groups -OCH3 is 2. The maximum Gasteiger partial charge on any atom is 0.167 e. The van der Waals surface area contributed by atoms with E-state index in [-0.39, 0.29) is 5.79 Å². The van der Waals surface area contributed by atoms with E-state index in [1.807, 2.05) is 0 Å². The summed E-state index contributed by atoms with van der Waals surface area (Å²) in [5.41, 5.74) is 10.2. The van der Waals surface area contributed by atoms with Gasteiger partial charge in [-0.1, -0.05) is 23.8 Å². The predicted octanol–water partition coefficient (Wildman–Crippen LogP) is 3.53. The summed E-state index contributed by atoms with van der Waals surface area (Å²) >= 11 is 0. The first-order chi connectivity index (χ1) is 10.0. The third-order valence-corrected chi connectivity index (χ3v) is 5.19. The molecule has 1 fully saturated rings. The van der Waals surface area contributed by atoms with Crippen LogP contribution in [0.5, 0.6) is 0 Å². The van der Waals surface area contributed by atoms with Crippen LogP contribution in [0.1, 0.15) is 48.3 Å². The Morgan fingerprint density at radius 1 is 1.19 bits per heavy atom. The number of ether oxygens (including phenoxy) is 2. The van der Waals surface area contributed by atoms with Crippen molar-refractivity contribution in [2.24, 2.45) is 11.7 Å². The van der Waals surface area contributed by atoms with Crippen LogP contribution in [0.3, 0.4) is 0 Å². The van der Waals surface area contributed by atoms with E-state index >= 15 is 0 Å². The standard InChI is InChI=1S/C18H29NO2/c1-13-5-6-14(2)16(11-13)17(12-19)15-7-9-18(20-3,21-4)10-8-15/h5-6,11,15,17H,7-10,12,19H2,1-4H3. The molecule has 0 bridgehead atoms. The third kappa shape index (κ3) is 3.47. The summed E-state index contributed by atoms with van der Waals surface area (Å²) < 4.78 is 11.2. The Morgan fingerprint density at radius 3 is 2.33 bits per heavy atom. The topological polar surface area (TPSA) is 44.5 Å². The largest absolute Gasteiger partial charge is 0.353 e. The van der Waals surface area contributed by atoms with Crippen LogP contribution in [0.15, 0.2) is 18.2 Å². The molecule has 1 aliphatic carbocycles. The smallest absolute Gasteiger partial charge is 0.167 e. The Balaban J connectivity index is 2.15. The Hall–Kier alpha value is -0.900. The number of aryl methyl sites for hydroxylation is 2. The van der Waals surface area contributed by atoms with Crippen molar-refractivity contribution in [2.75, 3.05) is 20.8 Å². The van der Waals surface area contributed by atoms with Crippen molar-refractivity contribution in [2.45, 2.75) is 51.2 Å². The molecule has 1 saturated carbocycles. The van der Waals surface area contributed by atoms with Crippen molar-refractivity contribution in [1.82, 2.24) is 0 Å². The van der Waals surface area contributed by atoms with Crippen LogP contribution in [-0.4, -0.2) is 26.6 Å². The molecule has 0 spiro atoms. The quantitative estimate of drug-likeness (QED) is 0.844. The molecule has 0 amide bonds. The molecule has 1 aromatic rings. The van der Waals surface area contributed by atoms with Crippen LogP contribution in [0, 0.1) is 19.8 Å². The fourth-order valence-corrected chi connectivity index (χ4v) is 3.71. The van der Waals surface area contributed by atoms with Gasteiger partial charge in [-0.25, -0.2) is 0 Å². The lowest BCUT2D eigenvalue weighted by atomic mass is 9.74. The Kier molecular flexibility index (Phi) is 5.42. The zero-order valence-electron chi connectivity index (χ0n) is 13.8. The normalized spacial score (nSPS) is 20.4. The summed E-state index contributed by atoms with van der Waals surface area (Å²) in [5.74, 6) is 0.683. The van der Waals surface area contributed by atoms with E-state index in [0.29, 0.717) is 18.4 Å². The summed E-state index contributed by atoms with van der Waals surface area (Å²) in [7, 11) is 3.49. The second-order valence-electron chi connectivity index (χ2n) is 6.36. The number of benzene rings is 1. The highest BCUT2D eigenvalue weighted by Gasteiger charge is 2.38. The molecule has 1 aliphatic rings. The van der Waals surface area contributed by atoms with Gasteiger partial charge in [0.1, 0.15) is 0 Å². The van der Waals surface area contributed by atoms with Crippen molar-refractivity contribution in [3.05, 3.63) is 34.9 Å². The fraction of sp³-hybridized carbons (Fsp3) is 0.667. The van der Waals surface area contributed by atoms with E-state index in [1.54, 1.807) is 14.2 Å². The van der Waals surface area contributed by atoms with Gasteiger partial charge < -0.3 is 15.2 Å². The van der Waals surface area contributed by atoms with E-state index in [4.69, 9.17) is 15.2 Å². The third-order valence-electron chi connectivity index (χ3n) is 5.19. The van der Waals surface area contributed by atoms with Crippen LogP contribution in [0.4, 0.5) is 0 Å².